The molecule has 1 aromatic carbocycles. The SMILES string of the molecule is [N-]=[N+]=NCCCNC(=O)Nc1ccccc1F. The summed E-state index contributed by atoms with van der Waals surface area (Å²) in [7, 11) is 0. The van der Waals surface area contributed by atoms with E-state index in [0.29, 0.717) is 19.5 Å². The van der Waals surface area contributed by atoms with Crippen LogP contribution in [-0.2, 0) is 0 Å². The number of urea groups is 1. The predicted molar refractivity (Wildman–Crippen MR) is 62.1 cm³/mol. The van der Waals surface area contributed by atoms with Gasteiger partial charge in [-0.15, -0.1) is 0 Å². The first-order valence-corrected chi connectivity index (χ1v) is 5.04. The lowest BCUT2D eigenvalue weighted by Crippen LogP contribution is -2.30. The lowest BCUT2D eigenvalue weighted by molar-refractivity contribution is 0.252. The molecule has 0 radical (unpaired) electrons. The van der Waals surface area contributed by atoms with E-state index in [4.69, 9.17) is 5.53 Å². The van der Waals surface area contributed by atoms with Crippen molar-refractivity contribution in [1.29, 1.82) is 0 Å². The highest BCUT2D eigenvalue weighted by Gasteiger charge is 2.04. The number of amides is 2. The van der Waals surface area contributed by atoms with Crippen LogP contribution >= 0.6 is 0 Å². The van der Waals surface area contributed by atoms with Crippen molar-refractivity contribution in [3.8, 4) is 0 Å². The molecule has 0 spiro atoms. The van der Waals surface area contributed by atoms with Gasteiger partial charge in [0.05, 0.1) is 5.69 Å². The number of para-hydroxylation sites is 1. The number of halogens is 1. The summed E-state index contributed by atoms with van der Waals surface area (Å²) in [6, 6.07) is 5.40. The highest BCUT2D eigenvalue weighted by Crippen LogP contribution is 2.11. The molecule has 90 valence electrons. The molecule has 2 N–H and O–H groups in total. The Morgan fingerprint density at radius 2 is 2.24 bits per heavy atom. The van der Waals surface area contributed by atoms with Gasteiger partial charge in [0, 0.05) is 18.0 Å². The Hall–Kier alpha value is -2.27. The number of carbonyl (C=O) groups is 1. The average molecular weight is 237 g/mol. The van der Waals surface area contributed by atoms with Gasteiger partial charge in [0.1, 0.15) is 5.82 Å². The lowest BCUT2D eigenvalue weighted by atomic mass is 10.3. The number of hydrogen-bond acceptors (Lipinski definition) is 2. The maximum absolute atomic E-state index is 13.1. The number of azide groups is 1. The monoisotopic (exact) mass is 237 g/mol. The highest BCUT2D eigenvalue weighted by atomic mass is 19.1. The molecule has 0 aromatic heterocycles. The van der Waals surface area contributed by atoms with Gasteiger partial charge in [0.25, 0.3) is 0 Å². The van der Waals surface area contributed by atoms with E-state index in [9.17, 15) is 9.18 Å². The van der Waals surface area contributed by atoms with E-state index in [0.717, 1.165) is 0 Å². The molecule has 0 unspecified atom stereocenters. The third kappa shape index (κ3) is 4.85. The number of carbonyl (C=O) groups excluding carboxylic acids is 1. The van der Waals surface area contributed by atoms with Crippen LogP contribution in [0.25, 0.3) is 10.4 Å². The molecule has 0 heterocycles. The van der Waals surface area contributed by atoms with E-state index in [1.807, 2.05) is 0 Å². The molecule has 1 rings (SSSR count). The van der Waals surface area contributed by atoms with Crippen molar-refractivity contribution in [3.05, 3.63) is 40.5 Å². The normalized spacial score (nSPS) is 9.24. The van der Waals surface area contributed by atoms with E-state index in [1.54, 1.807) is 6.07 Å². The summed E-state index contributed by atoms with van der Waals surface area (Å²) >= 11 is 0. The molecule has 1 aromatic rings. The Bertz CT molecular complexity index is 430. The van der Waals surface area contributed by atoms with Gasteiger partial charge in [-0.2, -0.15) is 0 Å². The Labute approximate surface area is 97.5 Å². The van der Waals surface area contributed by atoms with E-state index in [1.165, 1.54) is 18.2 Å². The van der Waals surface area contributed by atoms with Crippen molar-refractivity contribution in [2.24, 2.45) is 5.11 Å². The summed E-state index contributed by atoms with van der Waals surface area (Å²) < 4.78 is 13.1. The Morgan fingerprint density at radius 1 is 1.47 bits per heavy atom. The standard InChI is InChI=1S/C10H12FN5O/c11-8-4-1-2-5-9(8)15-10(17)13-6-3-7-14-16-12/h1-2,4-5H,3,6-7H2,(H2,13,15,17). The first-order valence-electron chi connectivity index (χ1n) is 5.04. The molecule has 6 nitrogen and oxygen atoms in total. The number of benzene rings is 1. The van der Waals surface area contributed by atoms with E-state index in [2.05, 4.69) is 20.7 Å². The minimum absolute atomic E-state index is 0.125. The zero-order valence-electron chi connectivity index (χ0n) is 9.06. The number of rotatable bonds is 5. The fourth-order valence-electron chi connectivity index (χ4n) is 1.13. The number of nitrogens with one attached hydrogen (secondary N) is 2. The van der Waals surface area contributed by atoms with Gasteiger partial charge >= 0.3 is 6.03 Å². The maximum Gasteiger partial charge on any atom is 0.319 e. The molecular formula is C10H12FN5O. The molecule has 0 atom stereocenters. The van der Waals surface area contributed by atoms with Crippen LogP contribution in [-0.4, -0.2) is 19.1 Å². The van der Waals surface area contributed by atoms with Crippen molar-refractivity contribution in [2.45, 2.75) is 6.42 Å². The molecule has 0 aliphatic rings. The lowest BCUT2D eigenvalue weighted by Gasteiger charge is -2.07. The van der Waals surface area contributed by atoms with E-state index in [-0.39, 0.29) is 5.69 Å². The number of anilines is 1. The Balaban J connectivity index is 2.30. The first kappa shape index (κ1) is 12.8. The highest BCUT2D eigenvalue weighted by molar-refractivity contribution is 5.89. The second-order valence-corrected chi connectivity index (χ2v) is 3.17. The van der Waals surface area contributed by atoms with Crippen molar-refractivity contribution in [2.75, 3.05) is 18.4 Å². The zero-order valence-corrected chi connectivity index (χ0v) is 9.06. The van der Waals surface area contributed by atoms with Crippen molar-refractivity contribution >= 4 is 11.7 Å². The van der Waals surface area contributed by atoms with Gasteiger partial charge in [-0.3, -0.25) is 0 Å². The minimum atomic E-state index is -0.490. The second kappa shape index (κ2) is 7.08. The first-order chi connectivity index (χ1) is 8.24. The molecule has 0 saturated heterocycles. The fraction of sp³-hybridized carbons (Fsp3) is 0.300. The van der Waals surface area contributed by atoms with Gasteiger partial charge in [0.15, 0.2) is 0 Å². The van der Waals surface area contributed by atoms with E-state index >= 15 is 0 Å². The zero-order chi connectivity index (χ0) is 12.5. The molecule has 0 fully saturated rings. The summed E-state index contributed by atoms with van der Waals surface area (Å²) in [5, 5.41) is 8.21. The third-order valence-electron chi connectivity index (χ3n) is 1.91. The molecule has 0 saturated carbocycles. The predicted octanol–water partition coefficient (Wildman–Crippen LogP) is 2.65. The van der Waals surface area contributed by atoms with Crippen LogP contribution in [0.3, 0.4) is 0 Å². The van der Waals surface area contributed by atoms with Gasteiger partial charge in [-0.1, -0.05) is 17.2 Å². The van der Waals surface area contributed by atoms with Gasteiger partial charge in [0.2, 0.25) is 0 Å². The smallest absolute Gasteiger partial charge is 0.319 e. The molecule has 0 aliphatic carbocycles. The summed E-state index contributed by atoms with van der Waals surface area (Å²) in [6.07, 6.45) is 0.536. The molecule has 0 aliphatic heterocycles. The van der Waals surface area contributed by atoms with Gasteiger partial charge in [-0.25, -0.2) is 9.18 Å². The van der Waals surface area contributed by atoms with Crippen LogP contribution in [0.5, 0.6) is 0 Å². The summed E-state index contributed by atoms with van der Waals surface area (Å²) in [5.41, 5.74) is 8.14. The quantitative estimate of drug-likeness (QED) is 0.350. The molecular weight excluding hydrogens is 225 g/mol. The number of nitrogens with zero attached hydrogens (tertiary/aromatic N) is 3. The maximum atomic E-state index is 13.1. The van der Waals surface area contributed by atoms with Gasteiger partial charge < -0.3 is 10.6 Å². The summed E-state index contributed by atoms with van der Waals surface area (Å²) in [5.74, 6) is -0.489. The second-order valence-electron chi connectivity index (χ2n) is 3.17. The van der Waals surface area contributed by atoms with Crippen LogP contribution in [0.1, 0.15) is 6.42 Å². The van der Waals surface area contributed by atoms with Crippen molar-refractivity contribution < 1.29 is 9.18 Å². The van der Waals surface area contributed by atoms with Gasteiger partial charge in [-0.05, 0) is 24.1 Å². The number of hydrogen-bond donors (Lipinski definition) is 2. The van der Waals surface area contributed by atoms with Crippen molar-refractivity contribution in [1.82, 2.24) is 5.32 Å². The van der Waals surface area contributed by atoms with Crippen molar-refractivity contribution in [3.63, 3.8) is 0 Å². The van der Waals surface area contributed by atoms with Crippen LogP contribution < -0.4 is 10.6 Å². The summed E-state index contributed by atoms with van der Waals surface area (Å²) in [6.45, 7) is 0.676. The van der Waals surface area contributed by atoms with Crippen LogP contribution in [0, 0.1) is 5.82 Å². The molecule has 17 heavy (non-hydrogen) atoms. The van der Waals surface area contributed by atoms with Crippen LogP contribution in [0.2, 0.25) is 0 Å². The molecule has 7 heteroatoms. The topological polar surface area (TPSA) is 89.9 Å². The molecule has 0 bridgehead atoms. The largest absolute Gasteiger partial charge is 0.338 e. The van der Waals surface area contributed by atoms with E-state index < -0.39 is 11.8 Å². The Kier molecular flexibility index (Phi) is 5.33. The third-order valence-corrected chi connectivity index (χ3v) is 1.91. The Morgan fingerprint density at radius 3 is 2.94 bits per heavy atom. The van der Waals surface area contributed by atoms with Crippen LogP contribution in [0.15, 0.2) is 29.4 Å². The fourth-order valence-corrected chi connectivity index (χ4v) is 1.13. The van der Waals surface area contributed by atoms with Crippen LogP contribution in [0.4, 0.5) is 14.9 Å². The minimum Gasteiger partial charge on any atom is -0.338 e. The molecule has 2 amide bonds. The average Bonchev–Trinajstić information content (AvgIpc) is 2.32. The summed E-state index contributed by atoms with van der Waals surface area (Å²) in [4.78, 5) is 13.9.